The lowest BCUT2D eigenvalue weighted by atomic mass is 10.1. The third-order valence-corrected chi connectivity index (χ3v) is 7.84. The first kappa shape index (κ1) is 27.6. The van der Waals surface area contributed by atoms with Crippen molar-refractivity contribution in [3.8, 4) is 0 Å². The van der Waals surface area contributed by atoms with Crippen molar-refractivity contribution in [1.29, 1.82) is 0 Å². The lowest BCUT2D eigenvalue weighted by Gasteiger charge is -2.35. The highest BCUT2D eigenvalue weighted by Crippen LogP contribution is 2.38. The molecule has 2 aromatic heterocycles. The fraction of sp³-hybridized carbons (Fsp3) is 0.385. The molecule has 14 heteroatoms. The van der Waals surface area contributed by atoms with Gasteiger partial charge >= 0.3 is 12.2 Å². The van der Waals surface area contributed by atoms with Gasteiger partial charge in [-0.1, -0.05) is 23.5 Å². The van der Waals surface area contributed by atoms with Gasteiger partial charge in [-0.05, 0) is 43.5 Å². The molecule has 40 heavy (non-hydrogen) atoms. The Labute approximate surface area is 231 Å². The maximum Gasteiger partial charge on any atom is 0.435 e. The van der Waals surface area contributed by atoms with E-state index >= 15 is 0 Å². The van der Waals surface area contributed by atoms with Crippen LogP contribution in [0.25, 0.3) is 0 Å². The summed E-state index contributed by atoms with van der Waals surface area (Å²) < 4.78 is 54.9. The van der Waals surface area contributed by atoms with Crippen molar-refractivity contribution in [3.63, 3.8) is 0 Å². The van der Waals surface area contributed by atoms with E-state index < -0.39 is 34.5 Å². The number of urea groups is 1. The van der Waals surface area contributed by atoms with E-state index in [-0.39, 0.29) is 16.5 Å². The summed E-state index contributed by atoms with van der Waals surface area (Å²) in [7, 11) is 0. The van der Waals surface area contributed by atoms with Gasteiger partial charge in [0.25, 0.3) is 5.91 Å². The van der Waals surface area contributed by atoms with Crippen molar-refractivity contribution >= 4 is 45.6 Å². The number of hydrogen-bond donors (Lipinski definition) is 2. The van der Waals surface area contributed by atoms with Crippen LogP contribution in [0.5, 0.6) is 0 Å². The predicted molar refractivity (Wildman–Crippen MR) is 145 cm³/mol. The van der Waals surface area contributed by atoms with Gasteiger partial charge in [0.05, 0.1) is 17.6 Å². The fourth-order valence-electron chi connectivity index (χ4n) is 4.61. The molecule has 0 saturated carbocycles. The van der Waals surface area contributed by atoms with Crippen LogP contribution in [0.1, 0.15) is 34.6 Å². The molecule has 5 rings (SSSR count). The number of nitrogens with one attached hydrogen (secondary N) is 2. The molecule has 2 saturated heterocycles. The number of piperidine rings is 1. The first-order valence-electron chi connectivity index (χ1n) is 12.8. The Bertz CT molecular complexity index is 1350. The number of pyridine rings is 1. The van der Waals surface area contributed by atoms with Gasteiger partial charge in [0.15, 0.2) is 10.8 Å². The normalized spacial score (nSPS) is 16.1. The lowest BCUT2D eigenvalue weighted by Crippen LogP contribution is -2.50. The van der Waals surface area contributed by atoms with Gasteiger partial charge in [0, 0.05) is 39.3 Å². The molecule has 2 aliphatic heterocycles. The van der Waals surface area contributed by atoms with Crippen molar-refractivity contribution in [3.05, 3.63) is 59.0 Å². The largest absolute Gasteiger partial charge is 0.435 e. The third-order valence-electron chi connectivity index (χ3n) is 6.73. The van der Waals surface area contributed by atoms with Crippen LogP contribution >= 0.6 is 11.3 Å². The zero-order valence-corrected chi connectivity index (χ0v) is 22.2. The maximum atomic E-state index is 13.8. The van der Waals surface area contributed by atoms with Crippen molar-refractivity contribution in [2.45, 2.75) is 25.4 Å². The fourth-order valence-corrected chi connectivity index (χ4v) is 5.64. The minimum atomic E-state index is -4.76. The van der Waals surface area contributed by atoms with E-state index in [1.165, 1.54) is 18.3 Å². The number of amides is 3. The Morgan fingerprint density at radius 3 is 2.25 bits per heavy atom. The number of nitrogens with zero attached hydrogens (tertiary/aromatic N) is 5. The highest BCUT2D eigenvalue weighted by Gasteiger charge is 2.40. The summed E-state index contributed by atoms with van der Waals surface area (Å²) in [5, 5.41) is 5.28. The second-order valence-corrected chi connectivity index (χ2v) is 10.4. The molecule has 0 spiro atoms. The monoisotopic (exact) mass is 577 g/mol. The number of alkyl halides is 3. The third kappa shape index (κ3) is 6.27. The number of benzene rings is 1. The lowest BCUT2D eigenvalue weighted by molar-refractivity contribution is -0.141. The molecule has 0 bridgehead atoms. The summed E-state index contributed by atoms with van der Waals surface area (Å²) >= 11 is 0.746. The molecule has 2 fully saturated rings. The van der Waals surface area contributed by atoms with Crippen LogP contribution in [0.4, 0.5) is 44.7 Å². The van der Waals surface area contributed by atoms with E-state index in [2.05, 4.69) is 20.6 Å². The van der Waals surface area contributed by atoms with E-state index in [9.17, 15) is 27.2 Å². The Balaban J connectivity index is 1.19. The molecule has 2 N–H and O–H groups in total. The smallest absolute Gasteiger partial charge is 0.353 e. The van der Waals surface area contributed by atoms with Gasteiger partial charge in [0.2, 0.25) is 0 Å². The number of anilines is 4. The minimum Gasteiger partial charge on any atom is -0.353 e. The van der Waals surface area contributed by atoms with Crippen LogP contribution in [0.15, 0.2) is 42.6 Å². The van der Waals surface area contributed by atoms with Crippen LogP contribution in [0, 0.1) is 5.82 Å². The average Bonchev–Trinajstić information content (AvgIpc) is 3.42. The molecule has 1 aromatic carbocycles. The van der Waals surface area contributed by atoms with Crippen LogP contribution in [-0.4, -0.2) is 66.1 Å². The van der Waals surface area contributed by atoms with Crippen molar-refractivity contribution in [2.75, 3.05) is 59.7 Å². The Hall–Kier alpha value is -3.94. The highest BCUT2D eigenvalue weighted by atomic mass is 32.1. The maximum absolute atomic E-state index is 13.8. The van der Waals surface area contributed by atoms with E-state index in [4.69, 9.17) is 0 Å². The average molecular weight is 578 g/mol. The van der Waals surface area contributed by atoms with Crippen LogP contribution in [-0.2, 0) is 6.18 Å². The number of aromatic nitrogens is 2. The van der Waals surface area contributed by atoms with E-state index in [1.807, 2.05) is 4.90 Å². The Morgan fingerprint density at radius 2 is 1.60 bits per heavy atom. The molecule has 2 aliphatic rings. The molecular formula is C26H27F4N7O2S. The zero-order chi connectivity index (χ0) is 28.3. The summed E-state index contributed by atoms with van der Waals surface area (Å²) in [5.41, 5.74) is -0.826. The topological polar surface area (TPSA) is 93.7 Å². The van der Waals surface area contributed by atoms with Gasteiger partial charge in [-0.25, -0.2) is 19.2 Å². The first-order chi connectivity index (χ1) is 19.2. The minimum absolute atomic E-state index is 0.109. The molecule has 3 aromatic rings. The number of carbonyl (C=O) groups excluding carboxylic acids is 2. The van der Waals surface area contributed by atoms with E-state index in [1.54, 1.807) is 34.1 Å². The van der Waals surface area contributed by atoms with Crippen LogP contribution in [0.3, 0.4) is 0 Å². The number of piperazine rings is 1. The van der Waals surface area contributed by atoms with E-state index in [0.717, 1.165) is 30.6 Å². The Kier molecular flexibility index (Phi) is 8.05. The summed E-state index contributed by atoms with van der Waals surface area (Å²) in [6, 6.07) is 8.75. The number of carbonyl (C=O) groups is 2. The van der Waals surface area contributed by atoms with Gasteiger partial charge in [0.1, 0.15) is 16.5 Å². The second-order valence-electron chi connectivity index (χ2n) is 9.46. The van der Waals surface area contributed by atoms with E-state index in [0.29, 0.717) is 45.1 Å². The molecule has 0 radical (unpaired) electrons. The molecular weight excluding hydrogens is 550 g/mol. The number of hydrogen-bond acceptors (Lipinski definition) is 7. The molecule has 0 aliphatic carbocycles. The summed E-state index contributed by atoms with van der Waals surface area (Å²) in [6.07, 6.45) is -0.615. The molecule has 212 valence electrons. The summed E-state index contributed by atoms with van der Waals surface area (Å²) in [6.45, 7) is 2.93. The van der Waals surface area contributed by atoms with Gasteiger partial charge in [-0.2, -0.15) is 13.2 Å². The molecule has 0 atom stereocenters. The van der Waals surface area contributed by atoms with Gasteiger partial charge in [-0.15, -0.1) is 0 Å². The van der Waals surface area contributed by atoms with Crippen molar-refractivity contribution in [2.24, 2.45) is 0 Å². The van der Waals surface area contributed by atoms with Crippen molar-refractivity contribution in [1.82, 2.24) is 14.9 Å². The highest BCUT2D eigenvalue weighted by molar-refractivity contribution is 7.17. The van der Waals surface area contributed by atoms with Crippen LogP contribution in [0.2, 0.25) is 0 Å². The first-order valence-corrected chi connectivity index (χ1v) is 13.7. The van der Waals surface area contributed by atoms with Crippen LogP contribution < -0.4 is 20.4 Å². The zero-order valence-electron chi connectivity index (χ0n) is 21.4. The summed E-state index contributed by atoms with van der Waals surface area (Å²) in [5.74, 6) is -0.816. The molecule has 9 nitrogen and oxygen atoms in total. The standard InChI is InChI=1S/C26H27F4N7O2S/c27-18-6-2-3-7-19(18)33-24(39)36-14-12-35(13-15-36)20-9-8-17(16-31-20)32-23(38)21-22(26(28,29)30)34-25(40-21)37-10-4-1-5-11-37/h2-3,6-9,16H,1,4-5,10-15H2,(H,32,38)(H,33,39). The van der Waals surface area contributed by atoms with Crippen molar-refractivity contribution < 1.29 is 27.2 Å². The van der Waals surface area contributed by atoms with Gasteiger partial charge in [-0.3, -0.25) is 4.79 Å². The van der Waals surface area contributed by atoms with Gasteiger partial charge < -0.3 is 25.3 Å². The quantitative estimate of drug-likeness (QED) is 0.400. The molecule has 3 amide bonds. The molecule has 0 unspecified atom stereocenters. The SMILES string of the molecule is O=C(Nc1ccc(N2CCN(C(=O)Nc3ccccc3F)CC2)nc1)c1sc(N2CCCCC2)nc1C(F)(F)F. The molecule has 4 heterocycles. The second kappa shape index (κ2) is 11.7. The number of thiazole rings is 1. The number of halogens is 4. The summed E-state index contributed by atoms with van der Waals surface area (Å²) in [4.78, 5) is 38.3. The predicted octanol–water partition coefficient (Wildman–Crippen LogP) is 5.29. The Morgan fingerprint density at radius 1 is 0.875 bits per heavy atom. The number of rotatable bonds is 5. The number of para-hydroxylation sites is 1.